The topological polar surface area (TPSA) is 93.9 Å². The highest BCUT2D eigenvalue weighted by Crippen LogP contribution is 2.38. The van der Waals surface area contributed by atoms with Crippen molar-refractivity contribution in [2.45, 2.75) is 24.2 Å². The summed E-state index contributed by atoms with van der Waals surface area (Å²) in [6.45, 7) is 1.20. The van der Waals surface area contributed by atoms with Crippen molar-refractivity contribution in [3.63, 3.8) is 0 Å². The van der Waals surface area contributed by atoms with Crippen LogP contribution in [0, 0.1) is 6.92 Å². The van der Waals surface area contributed by atoms with Crippen molar-refractivity contribution < 1.29 is 39.6 Å². The summed E-state index contributed by atoms with van der Waals surface area (Å²) in [5.41, 5.74) is -3.60. The largest absolute Gasteiger partial charge is 0.416 e. The number of rotatable bonds is 4. The number of halogens is 9. The average molecular weight is 582 g/mol. The average Bonchev–Trinajstić information content (AvgIpc) is 3.07. The van der Waals surface area contributed by atoms with Crippen LogP contribution in [0.2, 0.25) is 15.1 Å². The van der Waals surface area contributed by atoms with E-state index in [1.54, 1.807) is 0 Å². The first-order valence-electron chi connectivity index (χ1n) is 8.86. The number of benzene rings is 2. The van der Waals surface area contributed by atoms with E-state index in [4.69, 9.17) is 34.8 Å². The third-order valence-electron chi connectivity index (χ3n) is 4.44. The number of carbonyl (C=O) groups excluding carboxylic acids is 1. The second-order valence-electron chi connectivity index (χ2n) is 6.80. The number of hydrogen-bond acceptors (Lipinski definition) is 5. The Bertz CT molecular complexity index is 1420. The Balaban J connectivity index is 1.98. The monoisotopic (exact) mass is 580 g/mol. The Morgan fingerprint density at radius 2 is 1.46 bits per heavy atom. The quantitative estimate of drug-likeness (QED) is 0.400. The normalized spacial score (nSPS) is 12.6. The molecule has 1 N–H and O–H groups in total. The Hall–Kier alpha value is -2.55. The van der Waals surface area contributed by atoms with Crippen LogP contribution in [0.3, 0.4) is 0 Å². The molecule has 0 unspecified atom stereocenters. The van der Waals surface area contributed by atoms with E-state index in [-0.39, 0.29) is 17.4 Å². The molecule has 2 aromatic carbocycles. The van der Waals surface area contributed by atoms with Crippen LogP contribution >= 0.6 is 34.8 Å². The molecule has 0 radical (unpaired) electrons. The molecule has 35 heavy (non-hydrogen) atoms. The summed E-state index contributed by atoms with van der Waals surface area (Å²) < 4.78 is 105. The summed E-state index contributed by atoms with van der Waals surface area (Å²) in [5, 5.41) is 5.45. The molecule has 1 heterocycles. The summed E-state index contributed by atoms with van der Waals surface area (Å²) in [5.74, 6) is -1.42. The molecule has 7 nitrogen and oxygen atoms in total. The molecular weight excluding hydrogens is 573 g/mol. The second-order valence-corrected chi connectivity index (χ2v) is 9.67. The lowest BCUT2D eigenvalue weighted by Crippen LogP contribution is -2.31. The molecule has 0 fully saturated rings. The van der Waals surface area contributed by atoms with Crippen molar-refractivity contribution in [1.82, 2.24) is 19.7 Å². The van der Waals surface area contributed by atoms with Crippen molar-refractivity contribution in [3.05, 3.63) is 67.9 Å². The second kappa shape index (κ2) is 9.15. The molecule has 0 bridgehead atoms. The Kier molecular flexibility index (Phi) is 7.07. The number of nitrogens with zero attached hydrogens (tertiary/aromatic N) is 3. The number of aromatic nitrogens is 3. The van der Waals surface area contributed by atoms with Crippen LogP contribution in [-0.2, 0) is 22.4 Å². The van der Waals surface area contributed by atoms with Gasteiger partial charge in [-0.25, -0.2) is 17.8 Å². The van der Waals surface area contributed by atoms with Crippen molar-refractivity contribution in [3.8, 4) is 5.69 Å². The fraction of sp³-hybridized carbons (Fsp3) is 0.167. The number of hydrogen-bond donors (Lipinski definition) is 1. The van der Waals surface area contributed by atoms with E-state index in [1.165, 1.54) is 11.6 Å². The van der Waals surface area contributed by atoms with Crippen LogP contribution in [0.15, 0.2) is 35.2 Å². The lowest BCUT2D eigenvalue weighted by Gasteiger charge is -2.13. The van der Waals surface area contributed by atoms with Crippen LogP contribution < -0.4 is 4.72 Å². The third-order valence-corrected chi connectivity index (χ3v) is 6.83. The van der Waals surface area contributed by atoms with Crippen molar-refractivity contribution in [2.75, 3.05) is 0 Å². The highest BCUT2D eigenvalue weighted by Gasteiger charge is 2.35. The Morgan fingerprint density at radius 3 is 1.97 bits per heavy atom. The molecule has 0 saturated heterocycles. The van der Waals surface area contributed by atoms with E-state index < -0.39 is 65.1 Å². The predicted octanol–water partition coefficient (Wildman–Crippen LogP) is 5.69. The maximum absolute atomic E-state index is 13.0. The minimum absolute atomic E-state index is 0.198. The molecule has 1 amide bonds. The van der Waals surface area contributed by atoms with Gasteiger partial charge in [-0.1, -0.05) is 40.0 Å². The summed E-state index contributed by atoms with van der Waals surface area (Å²) in [6, 6.07) is 2.60. The molecule has 0 atom stereocenters. The van der Waals surface area contributed by atoms with E-state index in [0.29, 0.717) is 24.3 Å². The van der Waals surface area contributed by atoms with Gasteiger partial charge in [0, 0.05) is 0 Å². The van der Waals surface area contributed by atoms with E-state index >= 15 is 0 Å². The molecular formula is C18H9Cl3F6N4O3S. The molecule has 17 heteroatoms. The lowest BCUT2D eigenvalue weighted by atomic mass is 10.2. The summed E-state index contributed by atoms with van der Waals surface area (Å²) in [7, 11) is -4.92. The van der Waals surface area contributed by atoms with Crippen LogP contribution in [0.4, 0.5) is 26.3 Å². The molecule has 3 rings (SSSR count). The first kappa shape index (κ1) is 27.0. The van der Waals surface area contributed by atoms with Gasteiger partial charge in [0.2, 0.25) is 0 Å². The summed E-state index contributed by atoms with van der Waals surface area (Å²) in [6.07, 6.45) is -9.65. The van der Waals surface area contributed by atoms with Gasteiger partial charge < -0.3 is 0 Å². The van der Waals surface area contributed by atoms with Crippen molar-refractivity contribution >= 4 is 50.7 Å². The third kappa shape index (κ3) is 5.50. The van der Waals surface area contributed by atoms with Gasteiger partial charge in [0.15, 0.2) is 5.69 Å². The highest BCUT2D eigenvalue weighted by molar-refractivity contribution is 7.90. The molecule has 0 aliphatic carbocycles. The van der Waals surface area contributed by atoms with Crippen LogP contribution in [-0.4, -0.2) is 29.3 Å². The van der Waals surface area contributed by atoms with E-state index in [2.05, 4.69) is 10.3 Å². The zero-order valence-corrected chi connectivity index (χ0v) is 19.8. The van der Waals surface area contributed by atoms with Gasteiger partial charge in [-0.15, -0.1) is 5.10 Å². The van der Waals surface area contributed by atoms with E-state index in [9.17, 15) is 39.6 Å². The van der Waals surface area contributed by atoms with Gasteiger partial charge in [-0.2, -0.15) is 26.3 Å². The number of carbonyl (C=O) groups is 1. The van der Waals surface area contributed by atoms with Gasteiger partial charge in [-0.3, -0.25) is 4.79 Å². The Labute approximate surface area is 207 Å². The predicted molar refractivity (Wildman–Crippen MR) is 112 cm³/mol. The molecule has 3 aromatic rings. The molecule has 0 aliphatic rings. The minimum Gasteiger partial charge on any atom is -0.266 e. The molecule has 1 aromatic heterocycles. The van der Waals surface area contributed by atoms with Gasteiger partial charge in [0.25, 0.3) is 15.9 Å². The van der Waals surface area contributed by atoms with Crippen molar-refractivity contribution in [2.24, 2.45) is 0 Å². The maximum Gasteiger partial charge on any atom is 0.416 e. The van der Waals surface area contributed by atoms with Gasteiger partial charge in [0.05, 0.1) is 31.9 Å². The molecule has 0 saturated carbocycles. The maximum atomic E-state index is 13.0. The van der Waals surface area contributed by atoms with Gasteiger partial charge in [-0.05, 0) is 37.3 Å². The van der Waals surface area contributed by atoms with Crippen molar-refractivity contribution in [1.29, 1.82) is 0 Å². The zero-order valence-electron chi connectivity index (χ0n) is 16.8. The SMILES string of the molecule is Cc1c(C(=O)NS(=O)(=O)c2cc(C(F)(F)F)ccc2Cl)nnn1-c1c(Cl)cc(C(F)(F)F)cc1Cl. The fourth-order valence-corrected chi connectivity index (χ4v) is 4.92. The van der Waals surface area contributed by atoms with Crippen LogP contribution in [0.5, 0.6) is 0 Å². The van der Waals surface area contributed by atoms with Crippen LogP contribution in [0.25, 0.3) is 5.69 Å². The first-order chi connectivity index (χ1) is 15.9. The van der Waals surface area contributed by atoms with E-state index in [0.717, 1.165) is 4.68 Å². The number of alkyl halides is 6. The fourth-order valence-electron chi connectivity index (χ4n) is 2.79. The zero-order chi connectivity index (χ0) is 26.5. The minimum atomic E-state index is -4.92. The van der Waals surface area contributed by atoms with Gasteiger partial charge in [0.1, 0.15) is 10.6 Å². The number of nitrogens with one attached hydrogen (secondary N) is 1. The number of sulfonamides is 1. The standard InChI is InChI=1S/C18H9Cl3F6N4O3S/c1-7-14(28-30-31(7)15-11(20)4-9(5-12(15)21)18(25,26)27)16(32)29-35(33,34)13-6-8(17(22,23)24)2-3-10(13)19/h2-6H,1H3,(H,29,32). The van der Waals surface area contributed by atoms with E-state index in [1.807, 2.05) is 0 Å². The Morgan fingerprint density at radius 1 is 0.914 bits per heavy atom. The first-order valence-corrected chi connectivity index (χ1v) is 11.5. The van der Waals surface area contributed by atoms with Gasteiger partial charge >= 0.3 is 12.4 Å². The van der Waals surface area contributed by atoms with Crippen LogP contribution in [0.1, 0.15) is 27.3 Å². The highest BCUT2D eigenvalue weighted by atomic mass is 35.5. The number of amides is 1. The molecule has 0 aliphatic heterocycles. The summed E-state index contributed by atoms with van der Waals surface area (Å²) >= 11 is 17.5. The molecule has 0 spiro atoms. The smallest absolute Gasteiger partial charge is 0.266 e. The summed E-state index contributed by atoms with van der Waals surface area (Å²) in [4.78, 5) is 11.5. The molecule has 188 valence electrons. The lowest BCUT2D eigenvalue weighted by molar-refractivity contribution is -0.138.